The Morgan fingerprint density at radius 3 is 2.77 bits per heavy atom. The molecule has 0 bridgehead atoms. The van der Waals surface area contributed by atoms with E-state index in [1.54, 1.807) is 12.1 Å². The fourth-order valence-corrected chi connectivity index (χ4v) is 6.04. The van der Waals surface area contributed by atoms with Crippen molar-refractivity contribution in [2.24, 2.45) is 5.41 Å². The van der Waals surface area contributed by atoms with Gasteiger partial charge in [0.1, 0.15) is 34.6 Å². The first-order valence-corrected chi connectivity index (χ1v) is 12.2. The third kappa shape index (κ3) is 3.66. The van der Waals surface area contributed by atoms with E-state index in [1.807, 2.05) is 38.2 Å². The lowest BCUT2D eigenvalue weighted by molar-refractivity contribution is -0.168. The van der Waals surface area contributed by atoms with Crippen LogP contribution < -0.4 is 5.73 Å². The van der Waals surface area contributed by atoms with E-state index in [2.05, 4.69) is 26.4 Å². The van der Waals surface area contributed by atoms with Crippen LogP contribution in [0.3, 0.4) is 0 Å². The van der Waals surface area contributed by atoms with Crippen LogP contribution in [0.1, 0.15) is 45.2 Å². The molecule has 0 amide bonds. The number of nitrogens with zero attached hydrogens (tertiary/aromatic N) is 4. The highest BCUT2D eigenvalue weighted by molar-refractivity contribution is 6.33. The Morgan fingerprint density at radius 2 is 1.94 bits per heavy atom. The predicted molar refractivity (Wildman–Crippen MR) is 133 cm³/mol. The molecule has 1 aliphatic carbocycles. The van der Waals surface area contributed by atoms with Crippen molar-refractivity contribution in [1.29, 1.82) is 0 Å². The van der Waals surface area contributed by atoms with E-state index in [4.69, 9.17) is 26.8 Å². The number of ether oxygens (including phenoxy) is 2. The van der Waals surface area contributed by atoms with Gasteiger partial charge < -0.3 is 19.8 Å². The summed E-state index contributed by atoms with van der Waals surface area (Å²) in [5, 5.41) is 1.97. The maximum absolute atomic E-state index is 15.3. The minimum absolute atomic E-state index is 0.00171. The van der Waals surface area contributed by atoms with Gasteiger partial charge in [-0.3, -0.25) is 0 Å². The van der Waals surface area contributed by atoms with Crippen molar-refractivity contribution >= 4 is 39.4 Å². The number of halogens is 2. The molecule has 0 radical (unpaired) electrons. The molecule has 1 aliphatic heterocycles. The molecule has 9 heteroatoms. The maximum atomic E-state index is 15.3. The smallest absolute Gasteiger partial charge is 0.163 e. The fraction of sp³-hybridized carbons (Fsp3) is 0.423. The minimum Gasteiger partial charge on any atom is -0.384 e. The number of fused-ring (bicyclic) bond motifs is 3. The van der Waals surface area contributed by atoms with Gasteiger partial charge in [-0.2, -0.15) is 0 Å². The Morgan fingerprint density at radius 1 is 1.14 bits per heavy atom. The molecule has 4 aromatic rings. The number of benzene rings is 1. The molecule has 1 saturated carbocycles. The van der Waals surface area contributed by atoms with Crippen LogP contribution in [0.2, 0.25) is 5.15 Å². The summed E-state index contributed by atoms with van der Waals surface area (Å²) in [7, 11) is 0. The highest BCUT2D eigenvalue weighted by Crippen LogP contribution is 2.55. The zero-order valence-electron chi connectivity index (χ0n) is 19.8. The van der Waals surface area contributed by atoms with E-state index in [0.29, 0.717) is 28.5 Å². The van der Waals surface area contributed by atoms with Gasteiger partial charge in [-0.15, -0.1) is 0 Å². The number of hydrogen-bond acceptors (Lipinski definition) is 6. The summed E-state index contributed by atoms with van der Waals surface area (Å²) in [5.41, 5.74) is 7.27. The number of hydrogen-bond donors (Lipinski definition) is 1. The normalized spacial score (nSPS) is 27.6. The minimum atomic E-state index is -0.708. The number of nitrogen functional groups attached to an aromatic ring is 1. The summed E-state index contributed by atoms with van der Waals surface area (Å²) in [4.78, 5) is 12.8. The zero-order chi connectivity index (χ0) is 24.5. The first-order valence-electron chi connectivity index (χ1n) is 11.8. The molecular weight excluding hydrogens is 469 g/mol. The van der Waals surface area contributed by atoms with Gasteiger partial charge in [0.2, 0.25) is 0 Å². The second-order valence-electron chi connectivity index (χ2n) is 10.4. The quantitative estimate of drug-likeness (QED) is 0.378. The maximum Gasteiger partial charge on any atom is 0.163 e. The highest BCUT2D eigenvalue weighted by atomic mass is 35.5. The zero-order valence-corrected chi connectivity index (χ0v) is 20.6. The van der Waals surface area contributed by atoms with Crippen LogP contribution in [-0.2, 0) is 15.9 Å². The van der Waals surface area contributed by atoms with Crippen LogP contribution in [0, 0.1) is 11.2 Å². The average Bonchev–Trinajstić information content (AvgIpc) is 3.46. The number of pyridine rings is 1. The molecule has 35 heavy (non-hydrogen) atoms. The van der Waals surface area contributed by atoms with Crippen molar-refractivity contribution in [1.82, 2.24) is 19.5 Å². The van der Waals surface area contributed by atoms with Crippen molar-refractivity contribution < 1.29 is 13.9 Å². The standard InChI is InChI=1S/C26H27ClFN5O2/c1-25(2)34-21-17(33-11-9-16-23(27)30-13-31-24(16)33)12-26(3,22(21)35-25)10-8-14-4-5-15-6-7-18(29)32-20(15)19(14)28/h4-7,9,11,13,17,21-22H,8,10,12H2,1-3H3,(H2,29,32)/t17-,21+,22+,26+/m1/s1. The van der Waals surface area contributed by atoms with E-state index in [0.717, 1.165) is 29.3 Å². The molecule has 2 N–H and O–H groups in total. The van der Waals surface area contributed by atoms with Gasteiger partial charge in [0, 0.05) is 11.6 Å². The summed E-state index contributed by atoms with van der Waals surface area (Å²) < 4.78 is 30.3. The van der Waals surface area contributed by atoms with E-state index in [-0.39, 0.29) is 29.5 Å². The van der Waals surface area contributed by atoms with Crippen LogP contribution in [0.15, 0.2) is 42.9 Å². The number of aryl methyl sites for hydroxylation is 1. The van der Waals surface area contributed by atoms with Gasteiger partial charge in [-0.05, 0) is 62.3 Å². The fourth-order valence-electron chi connectivity index (χ4n) is 5.85. The molecular formula is C26H27ClFN5O2. The monoisotopic (exact) mass is 495 g/mol. The molecule has 1 saturated heterocycles. The van der Waals surface area contributed by atoms with Crippen molar-refractivity contribution in [2.75, 3.05) is 5.73 Å². The largest absolute Gasteiger partial charge is 0.384 e. The van der Waals surface area contributed by atoms with Gasteiger partial charge in [0.15, 0.2) is 11.6 Å². The Kier molecular flexibility index (Phi) is 5.08. The lowest BCUT2D eigenvalue weighted by Crippen LogP contribution is -2.34. The van der Waals surface area contributed by atoms with Crippen LogP contribution in [0.5, 0.6) is 0 Å². The van der Waals surface area contributed by atoms with Crippen LogP contribution in [-0.4, -0.2) is 37.5 Å². The number of rotatable bonds is 4. The molecule has 0 spiro atoms. The third-order valence-electron chi connectivity index (χ3n) is 7.56. The summed E-state index contributed by atoms with van der Waals surface area (Å²) in [5.74, 6) is -0.708. The molecule has 6 rings (SSSR count). The van der Waals surface area contributed by atoms with Gasteiger partial charge in [-0.25, -0.2) is 19.3 Å². The molecule has 7 nitrogen and oxygen atoms in total. The van der Waals surface area contributed by atoms with Crippen LogP contribution in [0.4, 0.5) is 10.2 Å². The number of nitrogens with two attached hydrogens (primary N) is 1. The lowest BCUT2D eigenvalue weighted by Gasteiger charge is -2.32. The SMILES string of the molecule is CC1(C)O[C@H]2[C@H](n3ccc4c(Cl)ncnc43)C[C@](C)(CCc3ccc4ccc(N)nc4c3F)[C@H]2O1. The van der Waals surface area contributed by atoms with E-state index in [9.17, 15) is 0 Å². The van der Waals surface area contributed by atoms with Crippen molar-refractivity contribution in [3.63, 3.8) is 0 Å². The molecule has 182 valence electrons. The number of aromatic nitrogens is 4. The Balaban J connectivity index is 1.33. The first-order chi connectivity index (χ1) is 16.7. The van der Waals surface area contributed by atoms with Crippen molar-refractivity contribution in [2.45, 2.75) is 64.1 Å². The lowest BCUT2D eigenvalue weighted by atomic mass is 9.80. The van der Waals surface area contributed by atoms with Gasteiger partial charge in [0.05, 0.1) is 17.5 Å². The van der Waals surface area contributed by atoms with Gasteiger partial charge in [0.25, 0.3) is 0 Å². The third-order valence-corrected chi connectivity index (χ3v) is 7.86. The second kappa shape index (κ2) is 7.85. The summed E-state index contributed by atoms with van der Waals surface area (Å²) in [6.45, 7) is 6.08. The molecule has 4 atom stereocenters. The van der Waals surface area contributed by atoms with E-state index < -0.39 is 5.79 Å². The summed E-state index contributed by atoms with van der Waals surface area (Å²) in [6.07, 6.45) is 5.23. The van der Waals surface area contributed by atoms with Crippen molar-refractivity contribution in [3.8, 4) is 0 Å². The highest BCUT2D eigenvalue weighted by Gasteiger charge is 2.59. The van der Waals surface area contributed by atoms with Gasteiger partial charge >= 0.3 is 0 Å². The Labute approximate surface area is 207 Å². The van der Waals surface area contributed by atoms with Crippen molar-refractivity contribution in [3.05, 3.63) is 59.4 Å². The topological polar surface area (TPSA) is 88.1 Å². The van der Waals surface area contributed by atoms with Gasteiger partial charge in [-0.1, -0.05) is 30.7 Å². The van der Waals surface area contributed by atoms with E-state index >= 15 is 4.39 Å². The second-order valence-corrected chi connectivity index (χ2v) is 10.8. The van der Waals surface area contributed by atoms with Crippen LogP contribution in [0.25, 0.3) is 21.9 Å². The molecule has 0 unspecified atom stereocenters. The van der Waals surface area contributed by atoms with Crippen LogP contribution >= 0.6 is 11.6 Å². The molecule has 2 fully saturated rings. The number of anilines is 1. The molecule has 4 heterocycles. The predicted octanol–water partition coefficient (Wildman–Crippen LogP) is 5.46. The average molecular weight is 496 g/mol. The summed E-state index contributed by atoms with van der Waals surface area (Å²) in [6, 6.07) is 9.16. The molecule has 1 aromatic carbocycles. The Hall–Kier alpha value is -2.81. The molecule has 3 aromatic heterocycles. The summed E-state index contributed by atoms with van der Waals surface area (Å²) >= 11 is 6.30. The Bertz CT molecular complexity index is 1460. The first kappa shape index (κ1) is 22.6. The van der Waals surface area contributed by atoms with E-state index in [1.165, 1.54) is 6.33 Å². The molecule has 2 aliphatic rings.